The Hall–Kier alpha value is -2.77. The number of tetrazole rings is 1. The molecule has 27 heavy (non-hydrogen) atoms. The molecule has 1 N–H and O–H groups in total. The van der Waals surface area contributed by atoms with Crippen molar-refractivity contribution < 1.29 is 9.59 Å². The Balaban J connectivity index is 1.64. The van der Waals surface area contributed by atoms with Crippen molar-refractivity contribution in [2.24, 2.45) is 5.92 Å². The van der Waals surface area contributed by atoms with E-state index < -0.39 is 6.04 Å². The van der Waals surface area contributed by atoms with Crippen LogP contribution in [0.15, 0.2) is 36.7 Å². The van der Waals surface area contributed by atoms with Gasteiger partial charge in [-0.1, -0.05) is 37.3 Å². The summed E-state index contributed by atoms with van der Waals surface area (Å²) in [4.78, 5) is 27.1. The Morgan fingerprint density at radius 3 is 2.59 bits per heavy atom. The molecule has 0 radical (unpaired) electrons. The number of benzene rings is 1. The van der Waals surface area contributed by atoms with Crippen molar-refractivity contribution in [1.29, 1.82) is 0 Å². The normalized spacial score (nSPS) is 16.1. The van der Waals surface area contributed by atoms with Crippen molar-refractivity contribution in [2.45, 2.75) is 38.6 Å². The first-order valence-corrected chi connectivity index (χ1v) is 9.52. The third-order valence-electron chi connectivity index (χ3n) is 4.97. The summed E-state index contributed by atoms with van der Waals surface area (Å²) in [6.07, 6.45) is 4.32. The molecular formula is C19H26N6O2. The number of carbonyl (C=O) groups is 2. The van der Waals surface area contributed by atoms with Gasteiger partial charge in [0.25, 0.3) is 0 Å². The number of nitrogens with one attached hydrogen (secondary N) is 1. The van der Waals surface area contributed by atoms with E-state index >= 15 is 0 Å². The van der Waals surface area contributed by atoms with Gasteiger partial charge in [-0.3, -0.25) is 9.59 Å². The largest absolute Gasteiger partial charge is 0.356 e. The van der Waals surface area contributed by atoms with Gasteiger partial charge in [-0.05, 0) is 35.3 Å². The molecule has 8 heteroatoms. The lowest BCUT2D eigenvalue weighted by atomic mass is 9.95. The Bertz CT molecular complexity index is 726. The topological polar surface area (TPSA) is 93.0 Å². The first-order chi connectivity index (χ1) is 13.2. The molecule has 1 unspecified atom stereocenters. The molecule has 0 spiro atoms. The van der Waals surface area contributed by atoms with Gasteiger partial charge in [0.15, 0.2) is 0 Å². The number of piperidine rings is 1. The highest BCUT2D eigenvalue weighted by Crippen LogP contribution is 2.22. The highest BCUT2D eigenvalue weighted by atomic mass is 16.2. The predicted molar refractivity (Wildman–Crippen MR) is 99.6 cm³/mol. The van der Waals surface area contributed by atoms with Gasteiger partial charge >= 0.3 is 0 Å². The number of hydrogen-bond donors (Lipinski definition) is 1. The molecule has 8 nitrogen and oxygen atoms in total. The lowest BCUT2D eigenvalue weighted by molar-refractivity contribution is -0.138. The minimum atomic E-state index is -0.479. The van der Waals surface area contributed by atoms with Crippen molar-refractivity contribution >= 4 is 11.8 Å². The summed E-state index contributed by atoms with van der Waals surface area (Å²) in [5.41, 5.74) is 1.06. The molecule has 1 fully saturated rings. The molecule has 1 saturated heterocycles. The van der Waals surface area contributed by atoms with Gasteiger partial charge < -0.3 is 10.2 Å². The Kier molecular flexibility index (Phi) is 6.51. The molecule has 144 valence electrons. The number of rotatable bonds is 7. The zero-order valence-corrected chi connectivity index (χ0v) is 15.6. The van der Waals surface area contributed by atoms with E-state index in [0.717, 1.165) is 12.0 Å². The average molecular weight is 370 g/mol. The summed E-state index contributed by atoms with van der Waals surface area (Å²) in [5.74, 6) is 0.0880. The highest BCUT2D eigenvalue weighted by Gasteiger charge is 2.32. The lowest BCUT2D eigenvalue weighted by Crippen LogP contribution is -2.46. The molecular weight excluding hydrogens is 344 g/mol. The van der Waals surface area contributed by atoms with Crippen LogP contribution < -0.4 is 5.32 Å². The average Bonchev–Trinajstić information content (AvgIpc) is 3.25. The van der Waals surface area contributed by atoms with Gasteiger partial charge in [0, 0.05) is 32.0 Å². The van der Waals surface area contributed by atoms with Gasteiger partial charge in [-0.15, -0.1) is 5.10 Å². The molecule has 1 atom stereocenters. The fourth-order valence-electron chi connectivity index (χ4n) is 3.41. The lowest BCUT2D eigenvalue weighted by Gasteiger charge is -2.33. The Labute approximate surface area is 158 Å². The van der Waals surface area contributed by atoms with Gasteiger partial charge in [0.05, 0.1) is 0 Å². The number of nitrogens with zero attached hydrogens (tertiary/aromatic N) is 5. The maximum atomic E-state index is 13.2. The first-order valence-electron chi connectivity index (χ1n) is 9.52. The van der Waals surface area contributed by atoms with E-state index in [-0.39, 0.29) is 17.7 Å². The smallest absolute Gasteiger partial charge is 0.247 e. The van der Waals surface area contributed by atoms with Crippen LogP contribution >= 0.6 is 0 Å². The molecule has 2 aromatic rings. The van der Waals surface area contributed by atoms with Crippen LogP contribution in [0.4, 0.5) is 0 Å². The van der Waals surface area contributed by atoms with Crippen LogP contribution in [-0.4, -0.2) is 56.6 Å². The molecule has 2 heterocycles. The van der Waals surface area contributed by atoms with E-state index in [4.69, 9.17) is 0 Å². The van der Waals surface area contributed by atoms with Crippen LogP contribution in [-0.2, 0) is 16.0 Å². The van der Waals surface area contributed by atoms with Crippen LogP contribution in [0.3, 0.4) is 0 Å². The maximum absolute atomic E-state index is 13.2. The van der Waals surface area contributed by atoms with E-state index in [0.29, 0.717) is 38.9 Å². The molecule has 2 amide bonds. The van der Waals surface area contributed by atoms with Crippen molar-refractivity contribution in [3.05, 3.63) is 42.2 Å². The first kappa shape index (κ1) is 19.0. The summed E-state index contributed by atoms with van der Waals surface area (Å²) in [6.45, 7) is 3.90. The minimum Gasteiger partial charge on any atom is -0.356 e. The molecule has 1 aromatic heterocycles. The monoisotopic (exact) mass is 370 g/mol. The van der Waals surface area contributed by atoms with Gasteiger partial charge in [-0.2, -0.15) is 0 Å². The number of amides is 2. The molecule has 1 aliphatic rings. The molecule has 0 bridgehead atoms. The van der Waals surface area contributed by atoms with Crippen LogP contribution in [0.25, 0.3) is 0 Å². The third-order valence-corrected chi connectivity index (χ3v) is 4.97. The Morgan fingerprint density at radius 2 is 1.96 bits per heavy atom. The predicted octanol–water partition coefficient (Wildman–Crippen LogP) is 1.22. The quantitative estimate of drug-likeness (QED) is 0.791. The van der Waals surface area contributed by atoms with Gasteiger partial charge in [0.1, 0.15) is 12.4 Å². The van der Waals surface area contributed by atoms with Gasteiger partial charge in [-0.25, -0.2) is 4.68 Å². The zero-order valence-electron chi connectivity index (χ0n) is 15.6. The number of carbonyl (C=O) groups excluding carboxylic acids is 2. The zero-order chi connectivity index (χ0) is 19.1. The van der Waals surface area contributed by atoms with E-state index in [9.17, 15) is 9.59 Å². The van der Waals surface area contributed by atoms with Crippen LogP contribution in [0, 0.1) is 5.92 Å². The molecule has 1 aliphatic heterocycles. The SMILES string of the molecule is CCCNC(=O)C1CCN(C(=O)C(Cc2ccccc2)n2cnnn2)CC1. The third kappa shape index (κ3) is 4.90. The fraction of sp³-hybridized carbons (Fsp3) is 0.526. The number of likely N-dealkylation sites (tertiary alicyclic amines) is 1. The maximum Gasteiger partial charge on any atom is 0.247 e. The van der Waals surface area contributed by atoms with Crippen molar-refractivity contribution in [1.82, 2.24) is 30.4 Å². The molecule has 0 saturated carbocycles. The molecule has 0 aliphatic carbocycles. The number of hydrogen-bond acceptors (Lipinski definition) is 5. The second kappa shape index (κ2) is 9.25. The summed E-state index contributed by atoms with van der Waals surface area (Å²) >= 11 is 0. The van der Waals surface area contributed by atoms with Crippen LogP contribution in [0.2, 0.25) is 0 Å². The number of aromatic nitrogens is 4. The summed E-state index contributed by atoms with van der Waals surface area (Å²) in [7, 11) is 0. The molecule has 1 aromatic carbocycles. The second-order valence-electron chi connectivity index (χ2n) is 6.89. The molecule has 3 rings (SSSR count). The van der Waals surface area contributed by atoms with Crippen LogP contribution in [0.1, 0.15) is 37.8 Å². The summed E-state index contributed by atoms with van der Waals surface area (Å²) in [6, 6.07) is 9.37. The van der Waals surface area contributed by atoms with Gasteiger partial charge in [0.2, 0.25) is 11.8 Å². The van der Waals surface area contributed by atoms with E-state index in [1.54, 1.807) is 0 Å². The minimum absolute atomic E-state index is 0.00132. The van der Waals surface area contributed by atoms with E-state index in [1.807, 2.05) is 42.2 Å². The van der Waals surface area contributed by atoms with Crippen molar-refractivity contribution in [2.75, 3.05) is 19.6 Å². The Morgan fingerprint density at radius 1 is 1.22 bits per heavy atom. The second-order valence-corrected chi connectivity index (χ2v) is 6.89. The van der Waals surface area contributed by atoms with Crippen LogP contribution in [0.5, 0.6) is 0 Å². The van der Waals surface area contributed by atoms with E-state index in [2.05, 4.69) is 20.8 Å². The van der Waals surface area contributed by atoms with E-state index in [1.165, 1.54) is 11.0 Å². The summed E-state index contributed by atoms with van der Waals surface area (Å²) < 4.78 is 1.52. The summed E-state index contributed by atoms with van der Waals surface area (Å²) in [5, 5.41) is 14.3. The standard InChI is InChI=1S/C19H26N6O2/c1-2-10-20-18(26)16-8-11-24(12-9-16)19(27)17(25-14-21-22-23-25)13-15-6-4-3-5-7-15/h3-7,14,16-17H,2,8-13H2,1H3,(H,20,26). The van der Waals surface area contributed by atoms with Crippen molar-refractivity contribution in [3.8, 4) is 0 Å². The fourth-order valence-corrected chi connectivity index (χ4v) is 3.41. The van der Waals surface area contributed by atoms with Crippen molar-refractivity contribution in [3.63, 3.8) is 0 Å². The highest BCUT2D eigenvalue weighted by molar-refractivity contribution is 5.82.